The summed E-state index contributed by atoms with van der Waals surface area (Å²) in [6.45, 7) is 17.5. The lowest BCUT2D eigenvalue weighted by atomic mass is 9.74. The summed E-state index contributed by atoms with van der Waals surface area (Å²) >= 11 is 0. The predicted octanol–water partition coefficient (Wildman–Crippen LogP) is 6.05. The summed E-state index contributed by atoms with van der Waals surface area (Å²) in [4.78, 5) is 5.24. The van der Waals surface area contributed by atoms with Gasteiger partial charge in [0, 0.05) is 38.0 Å². The molecule has 0 aliphatic carbocycles. The van der Waals surface area contributed by atoms with Crippen LogP contribution in [0.3, 0.4) is 0 Å². The van der Waals surface area contributed by atoms with E-state index in [2.05, 4.69) is 67.8 Å². The summed E-state index contributed by atoms with van der Waals surface area (Å²) in [5, 5.41) is 0. The molecule has 34 heavy (non-hydrogen) atoms. The molecule has 0 radical (unpaired) electrons. The molecule has 0 N–H and O–H groups in total. The smallest absolute Gasteiger partial charge is 0.0642 e. The maximum absolute atomic E-state index is 5.62. The summed E-state index contributed by atoms with van der Waals surface area (Å²) in [6.07, 6.45) is 10.2. The van der Waals surface area contributed by atoms with E-state index >= 15 is 0 Å². The van der Waals surface area contributed by atoms with Crippen LogP contribution in [0.4, 0.5) is 5.69 Å². The number of allylic oxidation sites excluding steroid dienone is 1. The minimum atomic E-state index is 0.178. The van der Waals surface area contributed by atoms with Gasteiger partial charge < -0.3 is 14.4 Å². The Bertz CT molecular complexity index is 767. The highest BCUT2D eigenvalue weighted by atomic mass is 16.5. The summed E-state index contributed by atoms with van der Waals surface area (Å²) < 4.78 is 11.2. The minimum Gasteiger partial charge on any atom is -0.381 e. The Morgan fingerprint density at radius 1 is 0.912 bits per heavy atom. The molecule has 1 aromatic carbocycles. The van der Waals surface area contributed by atoms with Crippen molar-refractivity contribution in [2.24, 2.45) is 11.8 Å². The van der Waals surface area contributed by atoms with E-state index in [0.717, 1.165) is 57.8 Å². The third-order valence-electron chi connectivity index (χ3n) is 8.88. The molecule has 4 nitrogen and oxygen atoms in total. The van der Waals surface area contributed by atoms with E-state index in [-0.39, 0.29) is 5.41 Å². The number of piperidine rings is 1. The van der Waals surface area contributed by atoms with Gasteiger partial charge in [-0.3, -0.25) is 4.90 Å². The number of hydrogen-bond donors (Lipinski definition) is 0. The highest BCUT2D eigenvalue weighted by Gasteiger charge is 2.34. The molecule has 2 unspecified atom stereocenters. The van der Waals surface area contributed by atoms with E-state index in [9.17, 15) is 0 Å². The summed E-state index contributed by atoms with van der Waals surface area (Å²) in [6, 6.07) is 9.98. The molecule has 0 aromatic heterocycles. The quantitative estimate of drug-likeness (QED) is 0.433. The number of nitrogens with zero attached hydrogens (tertiary/aromatic N) is 2. The van der Waals surface area contributed by atoms with Gasteiger partial charge in [0.2, 0.25) is 0 Å². The Morgan fingerprint density at radius 3 is 2.09 bits per heavy atom. The summed E-state index contributed by atoms with van der Waals surface area (Å²) in [7, 11) is 0. The van der Waals surface area contributed by atoms with E-state index < -0.39 is 0 Å². The average Bonchev–Trinajstić information content (AvgIpc) is 2.89. The van der Waals surface area contributed by atoms with Crippen molar-refractivity contribution in [3.63, 3.8) is 0 Å². The van der Waals surface area contributed by atoms with Crippen molar-refractivity contribution in [1.82, 2.24) is 4.90 Å². The van der Waals surface area contributed by atoms with Gasteiger partial charge in [0.1, 0.15) is 0 Å². The van der Waals surface area contributed by atoms with E-state index in [1.165, 1.54) is 62.0 Å². The van der Waals surface area contributed by atoms with Gasteiger partial charge in [0.15, 0.2) is 0 Å². The Hall–Kier alpha value is -1.36. The fourth-order valence-electron chi connectivity index (χ4n) is 6.41. The van der Waals surface area contributed by atoms with Crippen LogP contribution in [0.1, 0.15) is 71.8 Å². The number of anilines is 1. The van der Waals surface area contributed by atoms with Gasteiger partial charge in [-0.05, 0) is 100 Å². The van der Waals surface area contributed by atoms with Gasteiger partial charge in [0.25, 0.3) is 0 Å². The van der Waals surface area contributed by atoms with Crippen molar-refractivity contribution in [1.29, 1.82) is 0 Å². The summed E-state index contributed by atoms with van der Waals surface area (Å²) in [5.74, 6) is 1.79. The Morgan fingerprint density at radius 2 is 1.50 bits per heavy atom. The first-order valence-electron chi connectivity index (χ1n) is 13.9. The van der Waals surface area contributed by atoms with Crippen LogP contribution in [0.5, 0.6) is 0 Å². The van der Waals surface area contributed by atoms with Gasteiger partial charge >= 0.3 is 0 Å². The van der Waals surface area contributed by atoms with Gasteiger partial charge in [0.05, 0.1) is 13.2 Å². The Labute approximate surface area is 208 Å². The lowest BCUT2D eigenvalue weighted by Gasteiger charge is -2.43. The molecule has 0 amide bonds. The Kier molecular flexibility index (Phi) is 9.12. The largest absolute Gasteiger partial charge is 0.381 e. The standard InChI is InChI=1S/C30H48N2O2/c1-5-30(4,27-6-8-28(9-7-27)32-16-20-34-21-17-32)23-29(22-24(2)3)31-14-10-25(11-15-31)26-12-18-33-19-13-26/h6-9,22,25-26,29H,5,10-21,23H2,1-4H3. The molecule has 3 saturated heterocycles. The van der Waals surface area contributed by atoms with Crippen LogP contribution in [0.2, 0.25) is 0 Å². The molecule has 4 heteroatoms. The lowest BCUT2D eigenvalue weighted by molar-refractivity contribution is 0.0258. The van der Waals surface area contributed by atoms with Crippen molar-refractivity contribution in [2.75, 3.05) is 57.5 Å². The van der Waals surface area contributed by atoms with Crippen molar-refractivity contribution >= 4 is 5.69 Å². The molecule has 1 aromatic rings. The number of rotatable bonds is 8. The van der Waals surface area contributed by atoms with Gasteiger partial charge in [-0.2, -0.15) is 0 Å². The average molecular weight is 469 g/mol. The van der Waals surface area contributed by atoms with Crippen LogP contribution in [0.25, 0.3) is 0 Å². The topological polar surface area (TPSA) is 24.9 Å². The van der Waals surface area contributed by atoms with Crippen molar-refractivity contribution in [3.8, 4) is 0 Å². The molecule has 3 fully saturated rings. The lowest BCUT2D eigenvalue weighted by Crippen LogP contribution is -2.45. The molecule has 3 aliphatic rings. The molecule has 3 heterocycles. The van der Waals surface area contributed by atoms with Crippen LogP contribution in [0, 0.1) is 11.8 Å². The summed E-state index contributed by atoms with van der Waals surface area (Å²) in [5.41, 5.74) is 4.44. The zero-order chi connectivity index (χ0) is 24.0. The second kappa shape index (κ2) is 12.1. The second-order valence-corrected chi connectivity index (χ2v) is 11.4. The maximum Gasteiger partial charge on any atom is 0.0642 e. The van der Waals surface area contributed by atoms with Crippen LogP contribution in [-0.4, -0.2) is 63.5 Å². The molecular weight excluding hydrogens is 420 g/mol. The highest BCUT2D eigenvalue weighted by Crippen LogP contribution is 2.38. The molecular formula is C30H48N2O2. The zero-order valence-corrected chi connectivity index (χ0v) is 22.2. The third kappa shape index (κ3) is 6.44. The molecule has 3 aliphatic heterocycles. The van der Waals surface area contributed by atoms with Gasteiger partial charge in [-0.1, -0.05) is 37.6 Å². The number of morpholine rings is 1. The highest BCUT2D eigenvalue weighted by molar-refractivity contribution is 5.49. The fraction of sp³-hybridized carbons (Fsp3) is 0.733. The van der Waals surface area contributed by atoms with Crippen LogP contribution < -0.4 is 4.90 Å². The monoisotopic (exact) mass is 468 g/mol. The van der Waals surface area contributed by atoms with Gasteiger partial charge in [-0.15, -0.1) is 0 Å². The van der Waals surface area contributed by atoms with Crippen LogP contribution in [-0.2, 0) is 14.9 Å². The first-order valence-corrected chi connectivity index (χ1v) is 13.9. The van der Waals surface area contributed by atoms with E-state index in [1.54, 1.807) is 0 Å². The number of benzene rings is 1. The fourth-order valence-corrected chi connectivity index (χ4v) is 6.41. The van der Waals surface area contributed by atoms with E-state index in [1.807, 2.05) is 0 Å². The van der Waals surface area contributed by atoms with Crippen LogP contribution >= 0.6 is 0 Å². The molecule has 2 atom stereocenters. The first kappa shape index (κ1) is 25.7. The number of hydrogen-bond acceptors (Lipinski definition) is 4. The zero-order valence-electron chi connectivity index (χ0n) is 22.2. The molecule has 190 valence electrons. The normalized spacial score (nSPS) is 23.9. The van der Waals surface area contributed by atoms with Crippen molar-refractivity contribution in [3.05, 3.63) is 41.5 Å². The Balaban J connectivity index is 1.43. The minimum absolute atomic E-state index is 0.178. The van der Waals surface area contributed by atoms with E-state index in [4.69, 9.17) is 9.47 Å². The third-order valence-corrected chi connectivity index (χ3v) is 8.88. The molecule has 4 rings (SSSR count). The molecule has 0 bridgehead atoms. The molecule has 0 spiro atoms. The maximum atomic E-state index is 5.62. The predicted molar refractivity (Wildman–Crippen MR) is 143 cm³/mol. The first-order chi connectivity index (χ1) is 16.5. The number of likely N-dealkylation sites (tertiary alicyclic amines) is 1. The number of ether oxygens (including phenoxy) is 2. The second-order valence-electron chi connectivity index (χ2n) is 11.4. The van der Waals surface area contributed by atoms with Gasteiger partial charge in [-0.25, -0.2) is 0 Å². The molecule has 0 saturated carbocycles. The van der Waals surface area contributed by atoms with Crippen molar-refractivity contribution < 1.29 is 9.47 Å². The van der Waals surface area contributed by atoms with Crippen LogP contribution in [0.15, 0.2) is 35.9 Å². The van der Waals surface area contributed by atoms with Crippen molar-refractivity contribution in [2.45, 2.75) is 77.7 Å². The van der Waals surface area contributed by atoms with E-state index in [0.29, 0.717) is 6.04 Å². The SMILES string of the molecule is CCC(C)(CC(C=C(C)C)N1CCC(C2CCOCC2)CC1)c1ccc(N2CCOCC2)cc1.